The van der Waals surface area contributed by atoms with Gasteiger partial charge in [-0.25, -0.2) is 8.42 Å². The van der Waals surface area contributed by atoms with E-state index in [4.69, 9.17) is 4.74 Å². The molecule has 0 aromatic heterocycles. The molecule has 1 amide bonds. The molecule has 2 atom stereocenters. The summed E-state index contributed by atoms with van der Waals surface area (Å²) in [6, 6.07) is 6.58. The number of rotatable bonds is 6. The number of esters is 1. The molecule has 4 bridgehead atoms. The number of carbonyl (C=O) groups is 2. The Bertz CT molecular complexity index is 1020. The number of benzene rings is 1. The lowest BCUT2D eigenvalue weighted by atomic mass is 9.48. The second kappa shape index (κ2) is 7.28. The summed E-state index contributed by atoms with van der Waals surface area (Å²) in [6.45, 7) is 0. The van der Waals surface area contributed by atoms with Crippen molar-refractivity contribution in [2.24, 2.45) is 23.2 Å². The molecule has 0 heterocycles. The first kappa shape index (κ1) is 21.4. The van der Waals surface area contributed by atoms with Crippen molar-refractivity contribution < 1.29 is 22.7 Å². The molecule has 7 nitrogen and oxygen atoms in total. The molecule has 5 saturated carbocycles. The number of nitrogens with one attached hydrogen (secondary N) is 2. The fourth-order valence-electron chi connectivity index (χ4n) is 6.49. The van der Waals surface area contributed by atoms with E-state index in [-0.39, 0.29) is 34.6 Å². The van der Waals surface area contributed by atoms with E-state index in [2.05, 4.69) is 26.0 Å². The van der Waals surface area contributed by atoms with Crippen molar-refractivity contribution in [1.29, 1.82) is 0 Å². The fourth-order valence-corrected chi connectivity index (χ4v) is 8.92. The second-order valence-corrected chi connectivity index (χ2v) is 12.4. The monoisotopic (exact) mass is 510 g/mol. The zero-order valence-corrected chi connectivity index (χ0v) is 19.8. The van der Waals surface area contributed by atoms with Crippen LogP contribution < -0.4 is 10.0 Å². The maximum absolute atomic E-state index is 13.2. The highest BCUT2D eigenvalue weighted by atomic mass is 79.9. The number of amides is 1. The Balaban J connectivity index is 1.31. The molecule has 0 spiro atoms. The zero-order valence-electron chi connectivity index (χ0n) is 17.4. The Hall–Kier alpha value is -1.45. The van der Waals surface area contributed by atoms with Gasteiger partial charge >= 0.3 is 5.97 Å². The largest absolute Gasteiger partial charge is 0.469 e. The summed E-state index contributed by atoms with van der Waals surface area (Å²) < 4.78 is 34.1. The standard InChI is InChI=1S/C22H27BrN2O5S/c1-30-20(27)21-10-13-8-14(11-21)18(15(9-13)12-21)24-19(26)22(6-7-22)25-31(28,29)17-5-3-2-4-16(17)23/h2-5,13-15,18,25H,6-12H2,1H3,(H,24,26). The summed E-state index contributed by atoms with van der Waals surface area (Å²) >= 11 is 3.28. The maximum atomic E-state index is 13.2. The van der Waals surface area contributed by atoms with E-state index >= 15 is 0 Å². The van der Waals surface area contributed by atoms with Gasteiger partial charge in [0.25, 0.3) is 0 Å². The minimum atomic E-state index is -3.84. The summed E-state index contributed by atoms with van der Waals surface area (Å²) in [5, 5.41) is 3.20. The van der Waals surface area contributed by atoms with Gasteiger partial charge in [-0.3, -0.25) is 9.59 Å². The van der Waals surface area contributed by atoms with E-state index in [0.29, 0.717) is 23.2 Å². The van der Waals surface area contributed by atoms with Crippen molar-refractivity contribution in [2.75, 3.05) is 7.11 Å². The van der Waals surface area contributed by atoms with E-state index in [1.165, 1.54) is 13.2 Å². The van der Waals surface area contributed by atoms with Gasteiger partial charge in [-0.2, -0.15) is 4.72 Å². The van der Waals surface area contributed by atoms with Gasteiger partial charge in [-0.1, -0.05) is 12.1 Å². The first-order chi connectivity index (χ1) is 14.7. The van der Waals surface area contributed by atoms with Crippen LogP contribution in [0.1, 0.15) is 44.9 Å². The Morgan fingerprint density at radius 3 is 2.32 bits per heavy atom. The van der Waals surface area contributed by atoms with Crippen LogP contribution in [0.4, 0.5) is 0 Å². The molecule has 168 valence electrons. The first-order valence-corrected chi connectivity index (χ1v) is 13.1. The highest BCUT2D eigenvalue weighted by molar-refractivity contribution is 9.10. The lowest BCUT2D eigenvalue weighted by molar-refractivity contribution is -0.171. The Morgan fingerprint density at radius 1 is 1.10 bits per heavy atom. The molecule has 1 aromatic rings. The molecular weight excluding hydrogens is 484 g/mol. The van der Waals surface area contributed by atoms with Crippen molar-refractivity contribution in [3.05, 3.63) is 28.7 Å². The molecule has 2 unspecified atom stereocenters. The Labute approximate surface area is 190 Å². The van der Waals surface area contributed by atoms with Crippen LogP contribution >= 0.6 is 15.9 Å². The normalized spacial score (nSPS) is 34.9. The number of carbonyl (C=O) groups excluding carboxylic acids is 2. The highest BCUT2D eigenvalue weighted by Gasteiger charge is 2.61. The van der Waals surface area contributed by atoms with Crippen LogP contribution in [0.15, 0.2) is 33.6 Å². The van der Waals surface area contributed by atoms with Crippen LogP contribution in [0, 0.1) is 23.2 Å². The molecule has 5 aliphatic carbocycles. The minimum absolute atomic E-state index is 0.00716. The fraction of sp³-hybridized carbons (Fsp3) is 0.636. The molecule has 31 heavy (non-hydrogen) atoms. The predicted octanol–water partition coefficient (Wildman–Crippen LogP) is 2.74. The summed E-state index contributed by atoms with van der Waals surface area (Å²) in [7, 11) is -2.38. The van der Waals surface area contributed by atoms with E-state index in [1.54, 1.807) is 18.2 Å². The third-order valence-corrected chi connectivity index (χ3v) is 10.4. The Kier molecular flexibility index (Phi) is 5.03. The van der Waals surface area contributed by atoms with Gasteiger partial charge in [0.05, 0.1) is 17.4 Å². The SMILES string of the molecule is COC(=O)C12CC3CC(C1)C(NC(=O)C1(NS(=O)(=O)c4ccccc4Br)CC1)C(C3)C2. The molecule has 9 heteroatoms. The number of methoxy groups -OCH3 is 1. The van der Waals surface area contributed by atoms with Crippen LogP contribution in [0.25, 0.3) is 0 Å². The Morgan fingerprint density at radius 2 is 1.74 bits per heavy atom. The lowest BCUT2D eigenvalue weighted by Crippen LogP contribution is -2.63. The topological polar surface area (TPSA) is 102 Å². The molecule has 5 fully saturated rings. The number of sulfonamides is 1. The van der Waals surface area contributed by atoms with Gasteiger partial charge in [0, 0.05) is 10.5 Å². The summed E-state index contributed by atoms with van der Waals surface area (Å²) in [5.41, 5.74) is -1.48. The van der Waals surface area contributed by atoms with Gasteiger partial charge in [0.15, 0.2) is 0 Å². The van der Waals surface area contributed by atoms with Gasteiger partial charge in [0.2, 0.25) is 15.9 Å². The maximum Gasteiger partial charge on any atom is 0.311 e. The van der Waals surface area contributed by atoms with Crippen LogP contribution in [0.5, 0.6) is 0 Å². The van der Waals surface area contributed by atoms with Crippen LogP contribution in [0.3, 0.4) is 0 Å². The highest BCUT2D eigenvalue weighted by Crippen LogP contribution is 2.60. The van der Waals surface area contributed by atoms with E-state index in [0.717, 1.165) is 32.1 Å². The number of halogens is 1. The number of hydrogen-bond acceptors (Lipinski definition) is 5. The van der Waals surface area contributed by atoms with Crippen molar-refractivity contribution in [2.45, 2.75) is 61.4 Å². The molecule has 0 aliphatic heterocycles. The molecule has 5 aliphatic rings. The van der Waals surface area contributed by atoms with Gasteiger partial charge < -0.3 is 10.1 Å². The number of hydrogen-bond donors (Lipinski definition) is 2. The smallest absolute Gasteiger partial charge is 0.311 e. The van der Waals surface area contributed by atoms with E-state index in [1.807, 2.05) is 0 Å². The van der Waals surface area contributed by atoms with Crippen LogP contribution in [0.2, 0.25) is 0 Å². The third-order valence-electron chi connectivity index (χ3n) is 7.83. The summed E-state index contributed by atoms with van der Waals surface area (Å²) in [4.78, 5) is 25.9. The molecule has 2 N–H and O–H groups in total. The quantitative estimate of drug-likeness (QED) is 0.572. The molecule has 1 aromatic carbocycles. The third kappa shape index (κ3) is 3.53. The molecule has 6 rings (SSSR count). The number of ether oxygens (including phenoxy) is 1. The average Bonchev–Trinajstić information content (AvgIpc) is 3.49. The van der Waals surface area contributed by atoms with E-state index in [9.17, 15) is 18.0 Å². The molecular formula is C22H27BrN2O5S. The zero-order chi connectivity index (χ0) is 22.0. The van der Waals surface area contributed by atoms with Crippen LogP contribution in [-0.2, 0) is 24.3 Å². The van der Waals surface area contributed by atoms with Crippen molar-refractivity contribution >= 4 is 37.8 Å². The predicted molar refractivity (Wildman–Crippen MR) is 116 cm³/mol. The average molecular weight is 511 g/mol. The lowest BCUT2D eigenvalue weighted by Gasteiger charge is -2.58. The molecule has 0 saturated heterocycles. The van der Waals surface area contributed by atoms with Gasteiger partial charge in [-0.05, 0) is 90.8 Å². The molecule has 0 radical (unpaired) electrons. The van der Waals surface area contributed by atoms with Crippen molar-refractivity contribution in [1.82, 2.24) is 10.0 Å². The van der Waals surface area contributed by atoms with Crippen LogP contribution in [-0.4, -0.2) is 39.0 Å². The second-order valence-electron chi connectivity index (χ2n) is 9.86. The summed E-state index contributed by atoms with van der Waals surface area (Å²) in [5.74, 6) is 0.632. The van der Waals surface area contributed by atoms with Crippen molar-refractivity contribution in [3.8, 4) is 0 Å². The first-order valence-electron chi connectivity index (χ1n) is 10.9. The van der Waals surface area contributed by atoms with Crippen molar-refractivity contribution in [3.63, 3.8) is 0 Å². The van der Waals surface area contributed by atoms with Gasteiger partial charge in [-0.15, -0.1) is 0 Å². The minimum Gasteiger partial charge on any atom is -0.469 e. The van der Waals surface area contributed by atoms with Gasteiger partial charge in [0.1, 0.15) is 5.54 Å². The summed E-state index contributed by atoms with van der Waals surface area (Å²) in [6.07, 6.45) is 5.37. The van der Waals surface area contributed by atoms with E-state index < -0.39 is 21.0 Å².